The second-order valence-corrected chi connectivity index (χ2v) is 7.73. The van der Waals surface area contributed by atoms with Crippen LogP contribution in [0.25, 0.3) is 6.08 Å². The first kappa shape index (κ1) is 19.2. The summed E-state index contributed by atoms with van der Waals surface area (Å²) in [5.74, 6) is -0.378. The van der Waals surface area contributed by atoms with Crippen molar-refractivity contribution in [1.82, 2.24) is 10.2 Å². The van der Waals surface area contributed by atoms with Gasteiger partial charge in [0.05, 0.1) is 4.91 Å². The van der Waals surface area contributed by atoms with Crippen molar-refractivity contribution in [2.45, 2.75) is 34.1 Å². The number of imide groups is 1. The normalized spacial score (nSPS) is 16.6. The van der Waals surface area contributed by atoms with Crippen LogP contribution >= 0.6 is 11.8 Å². The van der Waals surface area contributed by atoms with E-state index in [1.54, 1.807) is 6.08 Å². The molecule has 5 nitrogen and oxygen atoms in total. The van der Waals surface area contributed by atoms with Gasteiger partial charge in [0.25, 0.3) is 11.1 Å². The highest BCUT2D eigenvalue weighted by molar-refractivity contribution is 8.18. The van der Waals surface area contributed by atoms with Gasteiger partial charge < -0.3 is 5.32 Å². The number of thioether (sulfide) groups is 1. The van der Waals surface area contributed by atoms with Crippen LogP contribution in [0.4, 0.5) is 4.79 Å². The monoisotopic (exact) mass is 360 g/mol. The molecule has 1 aromatic rings. The Kier molecular flexibility index (Phi) is 6.06. The Morgan fingerprint density at radius 3 is 2.48 bits per heavy atom. The molecule has 25 heavy (non-hydrogen) atoms. The summed E-state index contributed by atoms with van der Waals surface area (Å²) < 4.78 is 0. The Morgan fingerprint density at radius 2 is 1.88 bits per heavy atom. The van der Waals surface area contributed by atoms with Crippen molar-refractivity contribution in [1.29, 1.82) is 0 Å². The summed E-state index contributed by atoms with van der Waals surface area (Å²) in [6.07, 6.45) is 2.45. The maximum absolute atomic E-state index is 12.4. The lowest BCUT2D eigenvalue weighted by atomic mass is 9.89. The SMILES string of the molecule is CCC(C)(C)C(=O)NCCN1C(=O)SC(=Cc2ccc(C)cc2)C1=O. The molecule has 1 fully saturated rings. The molecule has 134 valence electrons. The van der Waals surface area contributed by atoms with Gasteiger partial charge in [-0.25, -0.2) is 0 Å². The molecule has 0 atom stereocenters. The zero-order valence-corrected chi connectivity index (χ0v) is 15.9. The molecule has 1 aromatic carbocycles. The molecule has 2 rings (SSSR count). The number of aryl methyl sites for hydroxylation is 1. The van der Waals surface area contributed by atoms with E-state index < -0.39 is 5.41 Å². The number of amides is 3. The number of carbonyl (C=O) groups excluding carboxylic acids is 3. The van der Waals surface area contributed by atoms with Gasteiger partial charge in [-0.05, 0) is 36.7 Å². The quantitative estimate of drug-likeness (QED) is 0.788. The molecule has 1 aliphatic rings. The van der Waals surface area contributed by atoms with Gasteiger partial charge in [0.1, 0.15) is 0 Å². The molecule has 0 radical (unpaired) electrons. The van der Waals surface area contributed by atoms with Crippen molar-refractivity contribution in [3.05, 3.63) is 40.3 Å². The molecule has 0 saturated carbocycles. The topological polar surface area (TPSA) is 66.5 Å². The molecular formula is C19H24N2O3S. The average Bonchev–Trinajstić information content (AvgIpc) is 2.84. The first-order chi connectivity index (χ1) is 11.7. The van der Waals surface area contributed by atoms with Crippen molar-refractivity contribution in [3.8, 4) is 0 Å². The number of nitrogens with zero attached hydrogens (tertiary/aromatic N) is 1. The molecule has 0 aromatic heterocycles. The van der Waals surface area contributed by atoms with Crippen LogP contribution in [0.3, 0.4) is 0 Å². The lowest BCUT2D eigenvalue weighted by molar-refractivity contribution is -0.130. The first-order valence-electron chi connectivity index (χ1n) is 8.35. The Balaban J connectivity index is 1.97. The largest absolute Gasteiger partial charge is 0.354 e. The smallest absolute Gasteiger partial charge is 0.293 e. The van der Waals surface area contributed by atoms with Crippen LogP contribution in [-0.4, -0.2) is 35.0 Å². The van der Waals surface area contributed by atoms with Crippen LogP contribution in [0.1, 0.15) is 38.3 Å². The van der Waals surface area contributed by atoms with Crippen molar-refractivity contribution >= 4 is 34.9 Å². The average molecular weight is 360 g/mol. The fourth-order valence-electron chi connectivity index (χ4n) is 2.19. The van der Waals surface area contributed by atoms with E-state index in [2.05, 4.69) is 5.32 Å². The highest BCUT2D eigenvalue weighted by Crippen LogP contribution is 2.32. The van der Waals surface area contributed by atoms with Crippen molar-refractivity contribution < 1.29 is 14.4 Å². The Labute approximate surface area is 152 Å². The van der Waals surface area contributed by atoms with Gasteiger partial charge in [-0.3, -0.25) is 19.3 Å². The summed E-state index contributed by atoms with van der Waals surface area (Å²) in [6, 6.07) is 7.74. The predicted octanol–water partition coefficient (Wildman–Crippen LogP) is 3.58. The summed E-state index contributed by atoms with van der Waals surface area (Å²) >= 11 is 0.936. The van der Waals surface area contributed by atoms with E-state index in [-0.39, 0.29) is 30.1 Å². The number of rotatable bonds is 6. The summed E-state index contributed by atoms with van der Waals surface area (Å²) in [4.78, 5) is 38.1. The second-order valence-electron chi connectivity index (χ2n) is 6.74. The molecule has 1 saturated heterocycles. The maximum Gasteiger partial charge on any atom is 0.293 e. The maximum atomic E-state index is 12.4. The third-order valence-corrected chi connectivity index (χ3v) is 5.28. The first-order valence-corrected chi connectivity index (χ1v) is 9.16. The number of carbonyl (C=O) groups is 3. The van der Waals surface area contributed by atoms with E-state index in [0.29, 0.717) is 4.91 Å². The zero-order chi connectivity index (χ0) is 18.6. The number of nitrogens with one attached hydrogen (secondary N) is 1. The third kappa shape index (κ3) is 4.72. The minimum atomic E-state index is -0.454. The Bertz CT molecular complexity index is 708. The van der Waals surface area contributed by atoms with Gasteiger partial charge in [0, 0.05) is 18.5 Å². The molecule has 3 amide bonds. The molecule has 1 N–H and O–H groups in total. The highest BCUT2D eigenvalue weighted by Gasteiger charge is 2.35. The number of hydrogen-bond donors (Lipinski definition) is 1. The molecule has 0 aliphatic carbocycles. The molecule has 0 unspecified atom stereocenters. The van der Waals surface area contributed by atoms with E-state index in [1.165, 1.54) is 4.90 Å². The predicted molar refractivity (Wildman–Crippen MR) is 101 cm³/mol. The second kappa shape index (κ2) is 7.87. The van der Waals surface area contributed by atoms with Crippen LogP contribution in [0, 0.1) is 12.3 Å². The van der Waals surface area contributed by atoms with Crippen LogP contribution < -0.4 is 5.32 Å². The molecule has 0 spiro atoms. The third-order valence-electron chi connectivity index (χ3n) is 4.37. The van der Waals surface area contributed by atoms with Gasteiger partial charge in [-0.15, -0.1) is 0 Å². The van der Waals surface area contributed by atoms with Crippen LogP contribution in [-0.2, 0) is 9.59 Å². The fraction of sp³-hybridized carbons (Fsp3) is 0.421. The lowest BCUT2D eigenvalue weighted by Crippen LogP contribution is -2.42. The van der Waals surface area contributed by atoms with E-state index in [9.17, 15) is 14.4 Å². The zero-order valence-electron chi connectivity index (χ0n) is 15.1. The summed E-state index contributed by atoms with van der Waals surface area (Å²) in [6.45, 7) is 8.12. The van der Waals surface area contributed by atoms with Gasteiger partial charge in [-0.1, -0.05) is 50.6 Å². The standard InChI is InChI=1S/C19H24N2O3S/c1-5-19(3,4)17(23)20-10-11-21-16(22)15(25-18(21)24)12-14-8-6-13(2)7-9-14/h6-9,12H,5,10-11H2,1-4H3,(H,20,23). The Hall–Kier alpha value is -2.08. The van der Waals surface area contributed by atoms with E-state index in [1.807, 2.05) is 52.0 Å². The van der Waals surface area contributed by atoms with Crippen molar-refractivity contribution in [3.63, 3.8) is 0 Å². The van der Waals surface area contributed by atoms with E-state index in [4.69, 9.17) is 0 Å². The van der Waals surface area contributed by atoms with Crippen LogP contribution in [0.15, 0.2) is 29.2 Å². The summed E-state index contributed by atoms with van der Waals surface area (Å²) in [7, 11) is 0. The molecule has 6 heteroatoms. The van der Waals surface area contributed by atoms with E-state index >= 15 is 0 Å². The van der Waals surface area contributed by atoms with Crippen molar-refractivity contribution in [2.24, 2.45) is 5.41 Å². The highest BCUT2D eigenvalue weighted by atomic mass is 32.2. The fourth-order valence-corrected chi connectivity index (χ4v) is 3.05. The number of benzene rings is 1. The number of hydrogen-bond acceptors (Lipinski definition) is 4. The Morgan fingerprint density at radius 1 is 1.24 bits per heavy atom. The molecular weight excluding hydrogens is 336 g/mol. The lowest BCUT2D eigenvalue weighted by Gasteiger charge is -2.22. The summed E-state index contributed by atoms with van der Waals surface area (Å²) in [5.41, 5.74) is 1.56. The van der Waals surface area contributed by atoms with Crippen LogP contribution in [0.2, 0.25) is 0 Å². The van der Waals surface area contributed by atoms with E-state index in [0.717, 1.165) is 29.3 Å². The van der Waals surface area contributed by atoms with Gasteiger partial charge in [0.2, 0.25) is 5.91 Å². The minimum absolute atomic E-state index is 0.0721. The molecule has 0 bridgehead atoms. The van der Waals surface area contributed by atoms with Crippen molar-refractivity contribution in [2.75, 3.05) is 13.1 Å². The van der Waals surface area contributed by atoms with Gasteiger partial charge in [0.15, 0.2) is 0 Å². The van der Waals surface area contributed by atoms with Gasteiger partial charge >= 0.3 is 0 Å². The van der Waals surface area contributed by atoms with Crippen LogP contribution in [0.5, 0.6) is 0 Å². The van der Waals surface area contributed by atoms with Gasteiger partial charge in [-0.2, -0.15) is 0 Å². The minimum Gasteiger partial charge on any atom is -0.354 e. The molecule has 1 aliphatic heterocycles. The molecule has 1 heterocycles. The summed E-state index contributed by atoms with van der Waals surface area (Å²) in [5, 5.41) is 2.50.